The number of hydrazine groups is 1. The standard InChI is InChI=1S/C24H37ClN2O5S/c1-17(2)16-19(22(28)27-26)21(23(29)32-24(3,4)5)20(33(30,31)15-9-14-25)13-12-18-10-7-6-8-11-18/h6-8,10-13,17,19-21H,9,14-16,26H2,1-5H3,(H,27,28)/b13-12+/t19-,20?,21-/m1/s1. The van der Waals surface area contributed by atoms with Crippen molar-refractivity contribution < 1.29 is 22.7 Å². The van der Waals surface area contributed by atoms with Crippen LogP contribution in [0.25, 0.3) is 6.08 Å². The molecule has 0 radical (unpaired) electrons. The van der Waals surface area contributed by atoms with Crippen LogP contribution in [0.4, 0.5) is 0 Å². The second-order valence-electron chi connectivity index (χ2n) is 9.45. The molecule has 0 bridgehead atoms. The summed E-state index contributed by atoms with van der Waals surface area (Å²) in [6, 6.07) is 9.13. The molecule has 0 aliphatic heterocycles. The first-order valence-electron chi connectivity index (χ1n) is 11.1. The van der Waals surface area contributed by atoms with Crippen LogP contribution < -0.4 is 11.3 Å². The van der Waals surface area contributed by atoms with Crippen molar-refractivity contribution in [3.05, 3.63) is 42.0 Å². The fourth-order valence-corrected chi connectivity index (χ4v) is 5.73. The number of sulfone groups is 1. The van der Waals surface area contributed by atoms with Crippen LogP contribution in [0.1, 0.15) is 53.0 Å². The van der Waals surface area contributed by atoms with Gasteiger partial charge in [-0.15, -0.1) is 11.6 Å². The fourth-order valence-electron chi connectivity index (χ4n) is 3.55. The molecule has 7 nitrogen and oxygen atoms in total. The Kier molecular flexibility index (Phi) is 11.6. The van der Waals surface area contributed by atoms with Gasteiger partial charge in [-0.2, -0.15) is 0 Å². The van der Waals surface area contributed by atoms with Gasteiger partial charge in [0.25, 0.3) is 0 Å². The van der Waals surface area contributed by atoms with Crippen molar-refractivity contribution in [2.45, 2.75) is 58.3 Å². The van der Waals surface area contributed by atoms with Gasteiger partial charge in [0.05, 0.1) is 22.8 Å². The Hall–Kier alpha value is -1.90. The van der Waals surface area contributed by atoms with Crippen LogP contribution in [0, 0.1) is 17.8 Å². The molecule has 0 saturated carbocycles. The highest BCUT2D eigenvalue weighted by atomic mass is 35.5. The van der Waals surface area contributed by atoms with Gasteiger partial charge in [0.15, 0.2) is 9.84 Å². The van der Waals surface area contributed by atoms with Crippen LogP contribution in [-0.4, -0.2) is 42.8 Å². The van der Waals surface area contributed by atoms with Gasteiger partial charge in [-0.1, -0.05) is 56.3 Å². The van der Waals surface area contributed by atoms with Crippen LogP contribution in [0.2, 0.25) is 0 Å². The maximum atomic E-state index is 13.4. The van der Waals surface area contributed by atoms with E-state index in [2.05, 4.69) is 5.43 Å². The zero-order valence-electron chi connectivity index (χ0n) is 20.1. The van der Waals surface area contributed by atoms with Gasteiger partial charge in [0.2, 0.25) is 5.91 Å². The van der Waals surface area contributed by atoms with E-state index in [0.717, 1.165) is 5.56 Å². The molecule has 0 heterocycles. The van der Waals surface area contributed by atoms with E-state index in [4.69, 9.17) is 22.2 Å². The number of rotatable bonds is 12. The monoisotopic (exact) mass is 500 g/mol. The van der Waals surface area contributed by atoms with E-state index in [0.29, 0.717) is 0 Å². The average Bonchev–Trinajstić information content (AvgIpc) is 2.72. The number of carbonyl (C=O) groups is 2. The zero-order valence-corrected chi connectivity index (χ0v) is 21.7. The topological polar surface area (TPSA) is 116 Å². The molecule has 3 atom stereocenters. The van der Waals surface area contributed by atoms with Gasteiger partial charge in [-0.05, 0) is 45.1 Å². The second-order valence-corrected chi connectivity index (χ2v) is 12.1. The number of amides is 1. The maximum absolute atomic E-state index is 13.4. The van der Waals surface area contributed by atoms with E-state index in [1.807, 2.05) is 44.2 Å². The number of hydrogen-bond donors (Lipinski definition) is 2. The molecule has 186 valence electrons. The molecule has 1 aromatic rings. The first kappa shape index (κ1) is 29.1. The lowest BCUT2D eigenvalue weighted by molar-refractivity contribution is -0.163. The van der Waals surface area contributed by atoms with Crippen LogP contribution in [-0.2, 0) is 24.2 Å². The lowest BCUT2D eigenvalue weighted by Crippen LogP contribution is -2.49. The summed E-state index contributed by atoms with van der Waals surface area (Å²) in [6.45, 7) is 8.86. The van der Waals surface area contributed by atoms with Gasteiger partial charge in [-0.3, -0.25) is 15.0 Å². The van der Waals surface area contributed by atoms with E-state index in [9.17, 15) is 18.0 Å². The summed E-state index contributed by atoms with van der Waals surface area (Å²) in [4.78, 5) is 26.2. The summed E-state index contributed by atoms with van der Waals surface area (Å²) in [7, 11) is -3.87. The highest BCUT2D eigenvalue weighted by molar-refractivity contribution is 7.92. The number of nitrogens with one attached hydrogen (secondary N) is 1. The highest BCUT2D eigenvalue weighted by Crippen LogP contribution is 2.32. The van der Waals surface area contributed by atoms with E-state index >= 15 is 0 Å². The fraction of sp³-hybridized carbons (Fsp3) is 0.583. The molecule has 0 aromatic heterocycles. The van der Waals surface area contributed by atoms with Crippen LogP contribution in [0.5, 0.6) is 0 Å². The summed E-state index contributed by atoms with van der Waals surface area (Å²) in [5.41, 5.74) is 2.00. The van der Waals surface area contributed by atoms with Gasteiger partial charge < -0.3 is 4.74 Å². The van der Waals surface area contributed by atoms with Gasteiger partial charge >= 0.3 is 5.97 Å². The molecule has 33 heavy (non-hydrogen) atoms. The Labute approximate surface area is 203 Å². The Bertz CT molecular complexity index is 895. The largest absolute Gasteiger partial charge is 0.460 e. The lowest BCUT2D eigenvalue weighted by atomic mass is 9.82. The highest BCUT2D eigenvalue weighted by Gasteiger charge is 2.45. The molecule has 0 spiro atoms. The molecule has 1 unspecified atom stereocenters. The number of nitrogens with two attached hydrogens (primary N) is 1. The normalized spacial score (nSPS) is 15.3. The van der Waals surface area contributed by atoms with Gasteiger partial charge in [-0.25, -0.2) is 14.3 Å². The van der Waals surface area contributed by atoms with Crippen molar-refractivity contribution in [3.63, 3.8) is 0 Å². The van der Waals surface area contributed by atoms with E-state index in [-0.39, 0.29) is 30.4 Å². The first-order chi connectivity index (χ1) is 15.3. The molecular formula is C24H37ClN2O5S. The van der Waals surface area contributed by atoms with Crippen LogP contribution in [0.3, 0.4) is 0 Å². The first-order valence-corrected chi connectivity index (χ1v) is 13.3. The summed E-state index contributed by atoms with van der Waals surface area (Å²) in [5, 5.41) is -1.29. The minimum atomic E-state index is -3.87. The quantitative estimate of drug-likeness (QED) is 0.148. The molecule has 3 N–H and O–H groups in total. The maximum Gasteiger partial charge on any atom is 0.311 e. The predicted octanol–water partition coefficient (Wildman–Crippen LogP) is 3.72. The molecule has 0 fully saturated rings. The van der Waals surface area contributed by atoms with Crippen molar-refractivity contribution in [2.24, 2.45) is 23.6 Å². The van der Waals surface area contributed by atoms with Crippen LogP contribution >= 0.6 is 11.6 Å². The number of ether oxygens (including phenoxy) is 1. The smallest absolute Gasteiger partial charge is 0.311 e. The summed E-state index contributed by atoms with van der Waals surface area (Å²) < 4.78 is 32.5. The minimum Gasteiger partial charge on any atom is -0.460 e. The average molecular weight is 501 g/mol. The summed E-state index contributed by atoms with van der Waals surface area (Å²) in [6.07, 6.45) is 3.60. The van der Waals surface area contributed by atoms with Crippen molar-refractivity contribution in [1.29, 1.82) is 0 Å². The second kappa shape index (κ2) is 13.1. The zero-order chi connectivity index (χ0) is 25.2. The van der Waals surface area contributed by atoms with Crippen molar-refractivity contribution >= 4 is 39.4 Å². The molecule has 1 rings (SSSR count). The molecule has 0 aliphatic rings. The predicted molar refractivity (Wildman–Crippen MR) is 133 cm³/mol. The van der Waals surface area contributed by atoms with Gasteiger partial charge in [0, 0.05) is 5.88 Å². The number of carbonyl (C=O) groups excluding carboxylic acids is 2. The number of esters is 1. The number of hydrogen-bond acceptors (Lipinski definition) is 6. The number of halogens is 1. The molecule has 0 aliphatic carbocycles. The number of benzene rings is 1. The minimum absolute atomic E-state index is 0.00142. The third-order valence-corrected chi connectivity index (χ3v) is 7.33. The third kappa shape index (κ3) is 9.86. The van der Waals surface area contributed by atoms with Crippen molar-refractivity contribution in [2.75, 3.05) is 11.6 Å². The Morgan fingerprint density at radius 3 is 2.27 bits per heavy atom. The van der Waals surface area contributed by atoms with E-state index < -0.39 is 44.4 Å². The Morgan fingerprint density at radius 2 is 1.79 bits per heavy atom. The van der Waals surface area contributed by atoms with Gasteiger partial charge in [0.1, 0.15) is 5.60 Å². The lowest BCUT2D eigenvalue weighted by Gasteiger charge is -2.33. The Balaban J connectivity index is 3.68. The molecule has 1 amide bonds. The number of alkyl halides is 1. The molecule has 9 heteroatoms. The van der Waals surface area contributed by atoms with Crippen molar-refractivity contribution in [3.8, 4) is 0 Å². The molecular weight excluding hydrogens is 464 g/mol. The van der Waals surface area contributed by atoms with E-state index in [1.54, 1.807) is 26.8 Å². The van der Waals surface area contributed by atoms with Crippen molar-refractivity contribution in [1.82, 2.24) is 5.43 Å². The third-order valence-electron chi connectivity index (χ3n) is 4.93. The summed E-state index contributed by atoms with van der Waals surface area (Å²) >= 11 is 5.76. The summed E-state index contributed by atoms with van der Waals surface area (Å²) in [5.74, 6) is 1.72. The SMILES string of the molecule is CC(C)C[C@@H](C(=O)NN)[C@@H](C(=O)OC(C)(C)C)C(/C=C/c1ccccc1)S(=O)(=O)CCCCl. The van der Waals surface area contributed by atoms with Crippen LogP contribution in [0.15, 0.2) is 36.4 Å². The molecule has 0 saturated heterocycles. The van der Waals surface area contributed by atoms with E-state index in [1.165, 1.54) is 6.08 Å². The Morgan fingerprint density at radius 1 is 1.18 bits per heavy atom. The molecule has 1 aromatic carbocycles.